The molecule has 4 nitrogen and oxygen atoms in total. The van der Waals surface area contributed by atoms with Crippen molar-refractivity contribution in [2.24, 2.45) is 5.41 Å². The molecule has 0 saturated carbocycles. The van der Waals surface area contributed by atoms with Gasteiger partial charge in [-0.2, -0.15) is 0 Å². The summed E-state index contributed by atoms with van der Waals surface area (Å²) in [5.74, 6) is -0.359. The Hall–Kier alpha value is -1.49. The molecule has 0 spiro atoms. The second-order valence-electron chi connectivity index (χ2n) is 4.31. The van der Waals surface area contributed by atoms with Crippen molar-refractivity contribution < 1.29 is 9.18 Å². The number of halogens is 1. The number of nitrogens with zero attached hydrogens (tertiary/aromatic N) is 1. The molecule has 1 saturated heterocycles. The summed E-state index contributed by atoms with van der Waals surface area (Å²) >= 11 is 0. The number of rotatable bonds is 3. The van der Waals surface area contributed by atoms with Gasteiger partial charge in [0.15, 0.2) is 0 Å². The molecule has 0 aliphatic carbocycles. The van der Waals surface area contributed by atoms with E-state index in [0.717, 1.165) is 6.20 Å². The lowest BCUT2D eigenvalue weighted by Gasteiger charge is -2.37. The third-order valence-corrected chi connectivity index (χ3v) is 2.80. The zero-order valence-corrected chi connectivity index (χ0v) is 9.09. The Bertz CT molecular complexity index is 387. The zero-order valence-electron chi connectivity index (χ0n) is 9.09. The summed E-state index contributed by atoms with van der Waals surface area (Å²) in [5, 5.41) is 5.86. The molecule has 1 aliphatic heterocycles. The number of amides is 1. The standard InChI is InChI=1S/C11H14FN3O/c1-11(6-13-7-11)10(16)15-5-9-3-2-8(12)4-14-9/h2-4,13H,5-7H2,1H3,(H,15,16). The Morgan fingerprint density at radius 3 is 2.88 bits per heavy atom. The number of carbonyl (C=O) groups excluding carboxylic acids is 1. The minimum Gasteiger partial charge on any atom is -0.350 e. The van der Waals surface area contributed by atoms with E-state index in [2.05, 4.69) is 15.6 Å². The molecule has 86 valence electrons. The maximum absolute atomic E-state index is 12.6. The van der Waals surface area contributed by atoms with E-state index in [9.17, 15) is 9.18 Å². The lowest BCUT2D eigenvalue weighted by Crippen LogP contribution is -2.59. The SMILES string of the molecule is CC1(C(=O)NCc2ccc(F)cn2)CNC1. The Morgan fingerprint density at radius 2 is 2.38 bits per heavy atom. The van der Waals surface area contributed by atoms with Crippen molar-refractivity contribution in [2.45, 2.75) is 13.5 Å². The predicted molar refractivity (Wildman–Crippen MR) is 57.0 cm³/mol. The molecule has 1 aromatic heterocycles. The highest BCUT2D eigenvalue weighted by Gasteiger charge is 2.38. The summed E-state index contributed by atoms with van der Waals surface area (Å²) in [6.07, 6.45) is 1.15. The van der Waals surface area contributed by atoms with E-state index in [4.69, 9.17) is 0 Å². The van der Waals surface area contributed by atoms with Crippen molar-refractivity contribution >= 4 is 5.91 Å². The van der Waals surface area contributed by atoms with Crippen molar-refractivity contribution in [1.82, 2.24) is 15.6 Å². The summed E-state index contributed by atoms with van der Waals surface area (Å²) < 4.78 is 12.6. The van der Waals surface area contributed by atoms with E-state index in [1.807, 2.05) is 6.92 Å². The number of carbonyl (C=O) groups is 1. The summed E-state index contributed by atoms with van der Waals surface area (Å²) in [7, 11) is 0. The first-order valence-electron chi connectivity index (χ1n) is 5.20. The second-order valence-corrected chi connectivity index (χ2v) is 4.31. The van der Waals surface area contributed by atoms with E-state index in [1.165, 1.54) is 6.07 Å². The van der Waals surface area contributed by atoms with Gasteiger partial charge in [-0.3, -0.25) is 9.78 Å². The van der Waals surface area contributed by atoms with Gasteiger partial charge in [-0.15, -0.1) is 0 Å². The van der Waals surface area contributed by atoms with Crippen LogP contribution in [0.15, 0.2) is 18.3 Å². The van der Waals surface area contributed by atoms with Crippen LogP contribution in [0.25, 0.3) is 0 Å². The fourth-order valence-corrected chi connectivity index (χ4v) is 1.56. The van der Waals surface area contributed by atoms with Gasteiger partial charge in [-0.25, -0.2) is 4.39 Å². The van der Waals surface area contributed by atoms with Gasteiger partial charge in [-0.1, -0.05) is 0 Å². The minimum absolute atomic E-state index is 0.0115. The van der Waals surface area contributed by atoms with E-state index < -0.39 is 0 Å². The smallest absolute Gasteiger partial charge is 0.228 e. The van der Waals surface area contributed by atoms with Crippen LogP contribution in [0.3, 0.4) is 0 Å². The first-order chi connectivity index (χ1) is 7.60. The maximum atomic E-state index is 12.6. The average molecular weight is 223 g/mol. The van der Waals surface area contributed by atoms with E-state index >= 15 is 0 Å². The van der Waals surface area contributed by atoms with Crippen LogP contribution in [0.1, 0.15) is 12.6 Å². The van der Waals surface area contributed by atoms with Gasteiger partial charge in [0.2, 0.25) is 5.91 Å². The average Bonchev–Trinajstić information content (AvgIpc) is 2.24. The van der Waals surface area contributed by atoms with Crippen LogP contribution in [0.4, 0.5) is 4.39 Å². The van der Waals surface area contributed by atoms with Crippen LogP contribution in [-0.2, 0) is 11.3 Å². The lowest BCUT2D eigenvalue weighted by atomic mass is 9.83. The fraction of sp³-hybridized carbons (Fsp3) is 0.455. The second kappa shape index (κ2) is 4.17. The first-order valence-corrected chi connectivity index (χ1v) is 5.20. The van der Waals surface area contributed by atoms with Crippen molar-refractivity contribution in [2.75, 3.05) is 13.1 Å². The minimum atomic E-state index is -0.370. The first kappa shape index (κ1) is 11.0. The van der Waals surface area contributed by atoms with Gasteiger partial charge >= 0.3 is 0 Å². The zero-order chi connectivity index (χ0) is 11.6. The van der Waals surface area contributed by atoms with E-state index in [-0.39, 0.29) is 17.1 Å². The van der Waals surface area contributed by atoms with Gasteiger partial charge in [0.05, 0.1) is 23.9 Å². The van der Waals surface area contributed by atoms with Crippen molar-refractivity contribution in [1.29, 1.82) is 0 Å². The molecule has 0 unspecified atom stereocenters. The molecular formula is C11H14FN3O. The predicted octanol–water partition coefficient (Wildman–Crippen LogP) is 0.446. The molecule has 1 aromatic rings. The van der Waals surface area contributed by atoms with Crippen molar-refractivity contribution in [3.8, 4) is 0 Å². The normalized spacial score (nSPS) is 17.6. The molecule has 0 atom stereocenters. The molecule has 2 heterocycles. The Kier molecular flexibility index (Phi) is 2.87. The topological polar surface area (TPSA) is 54.0 Å². The molecule has 1 amide bonds. The molecular weight excluding hydrogens is 209 g/mol. The summed E-state index contributed by atoms with van der Waals surface area (Å²) in [5.41, 5.74) is 0.352. The van der Waals surface area contributed by atoms with Crippen molar-refractivity contribution in [3.05, 3.63) is 29.8 Å². The highest BCUT2D eigenvalue weighted by Crippen LogP contribution is 2.21. The Balaban J connectivity index is 1.87. The van der Waals surface area contributed by atoms with Gasteiger partial charge in [0.1, 0.15) is 5.82 Å². The number of hydrogen-bond donors (Lipinski definition) is 2. The molecule has 0 radical (unpaired) electrons. The Labute approximate surface area is 93.3 Å². The van der Waals surface area contributed by atoms with Crippen LogP contribution < -0.4 is 10.6 Å². The van der Waals surface area contributed by atoms with Gasteiger partial charge in [0, 0.05) is 13.1 Å². The summed E-state index contributed by atoms with van der Waals surface area (Å²) in [6.45, 7) is 3.66. The number of hydrogen-bond acceptors (Lipinski definition) is 3. The highest BCUT2D eigenvalue weighted by atomic mass is 19.1. The summed E-state index contributed by atoms with van der Waals surface area (Å²) in [6, 6.07) is 2.90. The largest absolute Gasteiger partial charge is 0.350 e. The molecule has 1 aliphatic rings. The Morgan fingerprint density at radius 1 is 1.62 bits per heavy atom. The van der Waals surface area contributed by atoms with Crippen molar-refractivity contribution in [3.63, 3.8) is 0 Å². The third kappa shape index (κ3) is 2.19. The van der Waals surface area contributed by atoms with E-state index in [0.29, 0.717) is 25.3 Å². The molecule has 2 N–H and O–H groups in total. The molecule has 1 fully saturated rings. The van der Waals surface area contributed by atoms with Crippen LogP contribution in [0.5, 0.6) is 0 Å². The van der Waals surface area contributed by atoms with Crippen LogP contribution in [0, 0.1) is 11.2 Å². The quantitative estimate of drug-likeness (QED) is 0.782. The van der Waals surface area contributed by atoms with Gasteiger partial charge in [-0.05, 0) is 19.1 Å². The third-order valence-electron chi connectivity index (χ3n) is 2.80. The number of aromatic nitrogens is 1. The molecule has 16 heavy (non-hydrogen) atoms. The lowest BCUT2D eigenvalue weighted by molar-refractivity contribution is -0.132. The molecule has 5 heteroatoms. The van der Waals surface area contributed by atoms with E-state index in [1.54, 1.807) is 6.07 Å². The van der Waals surface area contributed by atoms with Crippen LogP contribution in [-0.4, -0.2) is 24.0 Å². The fourth-order valence-electron chi connectivity index (χ4n) is 1.56. The van der Waals surface area contributed by atoms with Gasteiger partial charge < -0.3 is 10.6 Å². The summed E-state index contributed by atoms with van der Waals surface area (Å²) in [4.78, 5) is 15.6. The number of nitrogens with one attached hydrogen (secondary N) is 2. The molecule has 2 rings (SSSR count). The number of pyridine rings is 1. The van der Waals surface area contributed by atoms with Crippen LogP contribution in [0.2, 0.25) is 0 Å². The monoisotopic (exact) mass is 223 g/mol. The maximum Gasteiger partial charge on any atom is 0.228 e. The molecule has 0 aromatic carbocycles. The molecule has 0 bridgehead atoms. The van der Waals surface area contributed by atoms with Crippen LogP contribution >= 0.6 is 0 Å². The highest BCUT2D eigenvalue weighted by molar-refractivity contribution is 5.83. The van der Waals surface area contributed by atoms with Gasteiger partial charge in [0.25, 0.3) is 0 Å².